The molecule has 0 spiro atoms. The van der Waals surface area contributed by atoms with Gasteiger partial charge in [0.1, 0.15) is 5.69 Å². The van der Waals surface area contributed by atoms with Gasteiger partial charge in [-0.3, -0.25) is 14.7 Å². The Morgan fingerprint density at radius 3 is 3.05 bits per heavy atom. The molecule has 0 aliphatic carbocycles. The Labute approximate surface area is 124 Å². The van der Waals surface area contributed by atoms with Crippen LogP contribution in [-0.4, -0.2) is 32.4 Å². The van der Waals surface area contributed by atoms with E-state index in [2.05, 4.69) is 20.6 Å². The SMILES string of the molecule is O=C(NCCn1ncccc1=O)c1cc(-c2ccco2)[nH]n1. The zero-order valence-electron chi connectivity index (χ0n) is 11.5. The Bertz CT molecular complexity index is 819. The van der Waals surface area contributed by atoms with Crippen LogP contribution in [0.4, 0.5) is 0 Å². The van der Waals surface area contributed by atoms with E-state index < -0.39 is 0 Å². The molecule has 0 aliphatic rings. The van der Waals surface area contributed by atoms with Gasteiger partial charge in [-0.15, -0.1) is 0 Å². The fraction of sp³-hybridized carbons (Fsp3) is 0.143. The van der Waals surface area contributed by atoms with Crippen LogP contribution in [0.5, 0.6) is 0 Å². The van der Waals surface area contributed by atoms with E-state index in [0.29, 0.717) is 18.0 Å². The average Bonchev–Trinajstić information content (AvgIpc) is 3.20. The lowest BCUT2D eigenvalue weighted by Gasteiger charge is -2.04. The molecule has 3 aromatic heterocycles. The smallest absolute Gasteiger partial charge is 0.271 e. The third kappa shape index (κ3) is 2.95. The molecule has 0 aromatic carbocycles. The average molecular weight is 299 g/mol. The third-order valence-corrected chi connectivity index (χ3v) is 2.99. The molecule has 22 heavy (non-hydrogen) atoms. The fourth-order valence-corrected chi connectivity index (χ4v) is 1.92. The molecule has 0 radical (unpaired) electrons. The van der Waals surface area contributed by atoms with E-state index in [9.17, 15) is 9.59 Å². The third-order valence-electron chi connectivity index (χ3n) is 2.99. The molecule has 2 N–H and O–H groups in total. The van der Waals surface area contributed by atoms with E-state index in [0.717, 1.165) is 0 Å². The van der Waals surface area contributed by atoms with Crippen molar-refractivity contribution in [2.75, 3.05) is 6.54 Å². The second kappa shape index (κ2) is 6.08. The number of carbonyl (C=O) groups excluding carboxylic acids is 1. The maximum atomic E-state index is 12.0. The number of hydrogen-bond donors (Lipinski definition) is 2. The maximum absolute atomic E-state index is 12.0. The van der Waals surface area contributed by atoms with Gasteiger partial charge in [0.15, 0.2) is 11.5 Å². The van der Waals surface area contributed by atoms with Gasteiger partial charge in [-0.25, -0.2) is 4.68 Å². The van der Waals surface area contributed by atoms with E-state index in [1.807, 2.05) is 0 Å². The molecule has 8 nitrogen and oxygen atoms in total. The standard InChI is InChI=1S/C14H13N5O3/c20-13-4-1-5-16-19(13)7-6-15-14(21)11-9-10(17-18-11)12-3-2-8-22-12/h1-5,8-9H,6-7H2,(H,15,21)(H,17,18). The van der Waals surface area contributed by atoms with Gasteiger partial charge < -0.3 is 9.73 Å². The maximum Gasteiger partial charge on any atom is 0.271 e. The first-order chi connectivity index (χ1) is 10.7. The molecule has 0 aliphatic heterocycles. The topological polar surface area (TPSA) is 106 Å². The van der Waals surface area contributed by atoms with E-state index in [4.69, 9.17) is 4.42 Å². The van der Waals surface area contributed by atoms with Crippen LogP contribution >= 0.6 is 0 Å². The van der Waals surface area contributed by atoms with Crippen LogP contribution in [-0.2, 0) is 6.54 Å². The summed E-state index contributed by atoms with van der Waals surface area (Å²) in [6, 6.07) is 8.10. The number of nitrogens with zero attached hydrogens (tertiary/aromatic N) is 3. The second-order valence-corrected chi connectivity index (χ2v) is 4.49. The first kappa shape index (κ1) is 13.8. The number of H-pyrrole nitrogens is 1. The van der Waals surface area contributed by atoms with E-state index in [1.165, 1.54) is 16.9 Å². The molecule has 0 fully saturated rings. The Morgan fingerprint density at radius 2 is 2.27 bits per heavy atom. The Hall–Kier alpha value is -3.16. The molecule has 1 amide bonds. The zero-order chi connectivity index (χ0) is 15.4. The summed E-state index contributed by atoms with van der Waals surface area (Å²) < 4.78 is 6.49. The number of aromatic nitrogens is 4. The molecule has 0 saturated carbocycles. The monoisotopic (exact) mass is 299 g/mol. The van der Waals surface area contributed by atoms with Crippen molar-refractivity contribution in [1.29, 1.82) is 0 Å². The summed E-state index contributed by atoms with van der Waals surface area (Å²) in [5.74, 6) is 0.268. The van der Waals surface area contributed by atoms with Gasteiger partial charge in [0.05, 0.1) is 12.8 Å². The molecular formula is C14H13N5O3. The Balaban J connectivity index is 1.59. The van der Waals surface area contributed by atoms with Crippen molar-refractivity contribution < 1.29 is 9.21 Å². The highest BCUT2D eigenvalue weighted by atomic mass is 16.3. The molecular weight excluding hydrogens is 286 g/mol. The molecule has 3 heterocycles. The first-order valence-electron chi connectivity index (χ1n) is 6.63. The van der Waals surface area contributed by atoms with Gasteiger partial charge in [0.2, 0.25) is 0 Å². The molecule has 8 heteroatoms. The van der Waals surface area contributed by atoms with Gasteiger partial charge in [-0.05, 0) is 18.2 Å². The van der Waals surface area contributed by atoms with Crippen molar-refractivity contribution in [1.82, 2.24) is 25.3 Å². The Morgan fingerprint density at radius 1 is 1.36 bits per heavy atom. The minimum absolute atomic E-state index is 0.211. The normalized spacial score (nSPS) is 10.5. The van der Waals surface area contributed by atoms with Crippen LogP contribution in [0, 0.1) is 0 Å². The quantitative estimate of drug-likeness (QED) is 0.719. The summed E-state index contributed by atoms with van der Waals surface area (Å²) in [5.41, 5.74) is 0.660. The van der Waals surface area contributed by atoms with Crippen molar-refractivity contribution >= 4 is 5.91 Å². The number of hydrogen-bond acceptors (Lipinski definition) is 5. The largest absolute Gasteiger partial charge is 0.463 e. The van der Waals surface area contributed by atoms with E-state index in [-0.39, 0.29) is 23.7 Å². The molecule has 0 unspecified atom stereocenters. The number of amides is 1. The Kier molecular flexibility index (Phi) is 3.82. The lowest BCUT2D eigenvalue weighted by atomic mass is 10.3. The summed E-state index contributed by atoms with van der Waals surface area (Å²) in [6.07, 6.45) is 3.06. The number of aromatic amines is 1. The van der Waals surface area contributed by atoms with Crippen LogP contribution in [0.25, 0.3) is 11.5 Å². The van der Waals surface area contributed by atoms with Gasteiger partial charge in [0.25, 0.3) is 11.5 Å². The summed E-state index contributed by atoms with van der Waals surface area (Å²) in [7, 11) is 0. The molecule has 0 bridgehead atoms. The van der Waals surface area contributed by atoms with Gasteiger partial charge in [-0.2, -0.15) is 10.2 Å². The van der Waals surface area contributed by atoms with Crippen molar-refractivity contribution in [3.63, 3.8) is 0 Å². The van der Waals surface area contributed by atoms with Crippen LogP contribution in [0.3, 0.4) is 0 Å². The van der Waals surface area contributed by atoms with Gasteiger partial charge in [0, 0.05) is 24.9 Å². The predicted molar refractivity (Wildman–Crippen MR) is 77.1 cm³/mol. The minimum Gasteiger partial charge on any atom is -0.463 e. The molecule has 3 rings (SSSR count). The van der Waals surface area contributed by atoms with Crippen LogP contribution < -0.4 is 10.9 Å². The highest BCUT2D eigenvalue weighted by molar-refractivity contribution is 5.93. The summed E-state index contributed by atoms with van der Waals surface area (Å²) in [6.45, 7) is 0.569. The zero-order valence-corrected chi connectivity index (χ0v) is 11.5. The van der Waals surface area contributed by atoms with Crippen molar-refractivity contribution in [2.45, 2.75) is 6.54 Å². The summed E-state index contributed by atoms with van der Waals surface area (Å²) in [5, 5.41) is 13.3. The molecule has 112 valence electrons. The van der Waals surface area contributed by atoms with Gasteiger partial charge in [-0.1, -0.05) is 0 Å². The van der Waals surface area contributed by atoms with Crippen molar-refractivity contribution in [2.24, 2.45) is 0 Å². The molecule has 3 aromatic rings. The van der Waals surface area contributed by atoms with Crippen LogP contribution in [0.1, 0.15) is 10.5 Å². The summed E-state index contributed by atoms with van der Waals surface area (Å²) >= 11 is 0. The second-order valence-electron chi connectivity index (χ2n) is 4.49. The number of rotatable bonds is 5. The minimum atomic E-state index is -0.335. The van der Waals surface area contributed by atoms with E-state index >= 15 is 0 Å². The predicted octanol–water partition coefficient (Wildman–Crippen LogP) is 0.656. The number of nitrogens with one attached hydrogen (secondary N) is 2. The lowest BCUT2D eigenvalue weighted by Crippen LogP contribution is -2.31. The highest BCUT2D eigenvalue weighted by Crippen LogP contribution is 2.17. The molecule has 0 saturated heterocycles. The van der Waals surface area contributed by atoms with Crippen LogP contribution in [0.15, 0.2) is 52.0 Å². The van der Waals surface area contributed by atoms with E-state index in [1.54, 1.807) is 30.5 Å². The van der Waals surface area contributed by atoms with Crippen LogP contribution in [0.2, 0.25) is 0 Å². The lowest BCUT2D eigenvalue weighted by molar-refractivity contribution is 0.0946. The van der Waals surface area contributed by atoms with Crippen molar-refractivity contribution in [3.8, 4) is 11.5 Å². The highest BCUT2D eigenvalue weighted by Gasteiger charge is 2.12. The van der Waals surface area contributed by atoms with Crippen molar-refractivity contribution in [3.05, 3.63) is 58.8 Å². The fourth-order valence-electron chi connectivity index (χ4n) is 1.92. The molecule has 0 atom stereocenters. The van der Waals surface area contributed by atoms with Gasteiger partial charge >= 0.3 is 0 Å². The number of carbonyl (C=O) groups is 1. The number of furan rings is 1. The summed E-state index contributed by atoms with van der Waals surface area (Å²) in [4.78, 5) is 23.4. The first-order valence-corrected chi connectivity index (χ1v) is 6.63.